The number of aliphatic carboxylic acids is 2. The fourth-order valence-corrected chi connectivity index (χ4v) is 3.55. The Morgan fingerprint density at radius 1 is 1.13 bits per heavy atom. The lowest BCUT2D eigenvalue weighted by molar-refractivity contribution is -0.134. The minimum atomic E-state index is -1.26. The summed E-state index contributed by atoms with van der Waals surface area (Å²) >= 11 is 0. The number of pyridine rings is 1. The van der Waals surface area contributed by atoms with Crippen LogP contribution in [0.25, 0.3) is 10.8 Å². The van der Waals surface area contributed by atoms with E-state index in [1.807, 2.05) is 6.20 Å². The van der Waals surface area contributed by atoms with Crippen LogP contribution >= 0.6 is 0 Å². The second kappa shape index (κ2) is 12.0. The molecule has 0 spiro atoms. The Kier molecular flexibility index (Phi) is 9.44. The van der Waals surface area contributed by atoms with Gasteiger partial charge in [0, 0.05) is 42.9 Å². The number of hydrogen-bond acceptors (Lipinski definition) is 5. The van der Waals surface area contributed by atoms with Crippen molar-refractivity contribution in [3.63, 3.8) is 0 Å². The Bertz CT molecular complexity index is 844. The Morgan fingerprint density at radius 3 is 2.30 bits per heavy atom. The summed E-state index contributed by atoms with van der Waals surface area (Å²) in [6, 6.07) is 11.4. The van der Waals surface area contributed by atoms with E-state index < -0.39 is 11.9 Å². The summed E-state index contributed by atoms with van der Waals surface area (Å²) in [7, 11) is 0. The lowest BCUT2D eigenvalue weighted by Crippen LogP contribution is -2.44. The van der Waals surface area contributed by atoms with Crippen LogP contribution in [0, 0.1) is 5.92 Å². The van der Waals surface area contributed by atoms with Gasteiger partial charge in [0.1, 0.15) is 0 Å². The van der Waals surface area contributed by atoms with E-state index in [-0.39, 0.29) is 0 Å². The molecule has 1 saturated heterocycles. The third kappa shape index (κ3) is 8.31. The first kappa shape index (κ1) is 23.5. The summed E-state index contributed by atoms with van der Waals surface area (Å²) in [5.74, 6) is -1.82. The molecule has 3 N–H and O–H groups in total. The Hall–Kier alpha value is -2.77. The molecule has 0 saturated carbocycles. The van der Waals surface area contributed by atoms with Crippen molar-refractivity contribution >= 4 is 22.7 Å². The van der Waals surface area contributed by atoms with Crippen molar-refractivity contribution in [1.82, 2.24) is 15.2 Å². The maximum Gasteiger partial charge on any atom is 0.328 e. The number of nitrogens with one attached hydrogen (secondary N) is 1. The molecule has 2 heterocycles. The molecule has 1 aromatic heterocycles. The zero-order valence-electron chi connectivity index (χ0n) is 17.6. The van der Waals surface area contributed by atoms with Crippen molar-refractivity contribution < 1.29 is 19.8 Å². The van der Waals surface area contributed by atoms with Crippen LogP contribution in [0.4, 0.5) is 0 Å². The lowest BCUT2D eigenvalue weighted by atomic mass is 10.0. The number of hydrogen-bond donors (Lipinski definition) is 3. The molecule has 3 rings (SSSR count). The second-order valence-corrected chi connectivity index (χ2v) is 7.84. The van der Waals surface area contributed by atoms with Gasteiger partial charge in [0.25, 0.3) is 0 Å². The molecule has 1 aliphatic heterocycles. The first-order valence-corrected chi connectivity index (χ1v) is 10.3. The fourth-order valence-electron chi connectivity index (χ4n) is 3.55. The summed E-state index contributed by atoms with van der Waals surface area (Å²) in [6.07, 6.45) is 5.63. The SMILES string of the molecule is CC(C)CN(Cc1cc2ccccc2cn1)C1CCNCC1.O=C(O)/C=C/C(=O)O. The van der Waals surface area contributed by atoms with Crippen LogP contribution in [0.2, 0.25) is 0 Å². The van der Waals surface area contributed by atoms with Crippen LogP contribution in [0.3, 0.4) is 0 Å². The van der Waals surface area contributed by atoms with Crippen molar-refractivity contribution in [1.29, 1.82) is 0 Å². The highest BCUT2D eigenvalue weighted by atomic mass is 16.4. The van der Waals surface area contributed by atoms with E-state index in [0.29, 0.717) is 24.1 Å². The Labute approximate surface area is 177 Å². The monoisotopic (exact) mass is 413 g/mol. The molecule has 7 heteroatoms. The standard InChI is InChI=1S/C19H27N3.C4H4O4/c1-15(2)13-22(19-7-9-20-10-8-19)14-18-11-16-5-3-4-6-17(16)12-21-18;5-3(6)1-2-4(7)8/h3-6,11-12,15,19-20H,7-10,13-14H2,1-2H3;1-2H,(H,5,6)(H,7,8)/b;2-1+. The van der Waals surface area contributed by atoms with Crippen LogP contribution in [-0.2, 0) is 16.1 Å². The van der Waals surface area contributed by atoms with Gasteiger partial charge in [-0.2, -0.15) is 0 Å². The summed E-state index contributed by atoms with van der Waals surface area (Å²) < 4.78 is 0. The van der Waals surface area contributed by atoms with Crippen LogP contribution in [0.15, 0.2) is 48.7 Å². The van der Waals surface area contributed by atoms with Gasteiger partial charge in [0.2, 0.25) is 0 Å². The van der Waals surface area contributed by atoms with Gasteiger partial charge in [-0.05, 0) is 43.3 Å². The average Bonchev–Trinajstić information content (AvgIpc) is 2.72. The van der Waals surface area contributed by atoms with Crippen molar-refractivity contribution in [3.05, 3.63) is 54.4 Å². The van der Waals surface area contributed by atoms with Crippen LogP contribution in [0.5, 0.6) is 0 Å². The number of aromatic nitrogens is 1. The lowest BCUT2D eigenvalue weighted by Gasteiger charge is -2.35. The molecule has 0 radical (unpaired) electrons. The molecular formula is C23H31N3O4. The minimum Gasteiger partial charge on any atom is -0.478 e. The zero-order chi connectivity index (χ0) is 21.9. The van der Waals surface area contributed by atoms with E-state index in [2.05, 4.69) is 54.4 Å². The van der Waals surface area contributed by atoms with Crippen molar-refractivity contribution in [2.45, 2.75) is 39.3 Å². The molecule has 30 heavy (non-hydrogen) atoms. The first-order chi connectivity index (χ1) is 14.3. The highest BCUT2D eigenvalue weighted by molar-refractivity contribution is 5.89. The largest absolute Gasteiger partial charge is 0.478 e. The molecule has 0 aliphatic carbocycles. The molecule has 7 nitrogen and oxygen atoms in total. The molecule has 1 aromatic carbocycles. The quantitative estimate of drug-likeness (QED) is 0.599. The highest BCUT2D eigenvalue weighted by Gasteiger charge is 2.22. The molecule has 1 aliphatic rings. The fraction of sp³-hybridized carbons (Fsp3) is 0.435. The van der Waals surface area contributed by atoms with Crippen molar-refractivity contribution in [2.24, 2.45) is 5.92 Å². The number of benzene rings is 1. The van der Waals surface area contributed by atoms with E-state index >= 15 is 0 Å². The maximum absolute atomic E-state index is 9.55. The molecule has 2 aromatic rings. The normalized spacial score (nSPS) is 14.8. The third-order valence-corrected chi connectivity index (χ3v) is 4.85. The maximum atomic E-state index is 9.55. The van der Waals surface area contributed by atoms with E-state index in [1.165, 1.54) is 29.3 Å². The summed E-state index contributed by atoms with van der Waals surface area (Å²) in [6.45, 7) is 9.02. The molecular weight excluding hydrogens is 382 g/mol. The predicted octanol–water partition coefficient (Wildman–Crippen LogP) is 3.16. The van der Waals surface area contributed by atoms with E-state index in [9.17, 15) is 9.59 Å². The third-order valence-electron chi connectivity index (χ3n) is 4.85. The molecule has 0 amide bonds. The average molecular weight is 414 g/mol. The highest BCUT2D eigenvalue weighted by Crippen LogP contribution is 2.19. The van der Waals surface area contributed by atoms with Gasteiger partial charge in [-0.1, -0.05) is 38.1 Å². The Balaban J connectivity index is 0.000000343. The van der Waals surface area contributed by atoms with Crippen LogP contribution < -0.4 is 5.32 Å². The van der Waals surface area contributed by atoms with Crippen LogP contribution in [-0.4, -0.2) is 57.7 Å². The first-order valence-electron chi connectivity index (χ1n) is 10.3. The molecule has 1 fully saturated rings. The summed E-state index contributed by atoms with van der Waals surface area (Å²) in [4.78, 5) is 26.4. The number of carbonyl (C=O) groups is 2. The zero-order valence-corrected chi connectivity index (χ0v) is 17.6. The topological polar surface area (TPSA) is 103 Å². The molecule has 162 valence electrons. The van der Waals surface area contributed by atoms with Crippen molar-refractivity contribution in [3.8, 4) is 0 Å². The molecule has 0 bridgehead atoms. The van der Waals surface area contributed by atoms with Gasteiger partial charge in [-0.25, -0.2) is 9.59 Å². The Morgan fingerprint density at radius 2 is 1.73 bits per heavy atom. The van der Waals surface area contributed by atoms with Gasteiger partial charge in [0.15, 0.2) is 0 Å². The smallest absolute Gasteiger partial charge is 0.328 e. The van der Waals surface area contributed by atoms with Gasteiger partial charge in [-0.15, -0.1) is 0 Å². The number of piperidine rings is 1. The molecule has 0 atom stereocenters. The number of carboxylic acid groups (broad SMARTS) is 2. The summed E-state index contributed by atoms with van der Waals surface area (Å²) in [5, 5.41) is 21.6. The van der Waals surface area contributed by atoms with Gasteiger partial charge in [-0.3, -0.25) is 9.88 Å². The van der Waals surface area contributed by atoms with Gasteiger partial charge < -0.3 is 15.5 Å². The van der Waals surface area contributed by atoms with E-state index in [1.54, 1.807) is 0 Å². The van der Waals surface area contributed by atoms with Gasteiger partial charge in [0.05, 0.1) is 5.69 Å². The predicted molar refractivity (Wildman–Crippen MR) is 117 cm³/mol. The number of nitrogens with zero attached hydrogens (tertiary/aromatic N) is 2. The molecule has 0 unspecified atom stereocenters. The van der Waals surface area contributed by atoms with Gasteiger partial charge >= 0.3 is 11.9 Å². The number of carboxylic acids is 2. The van der Waals surface area contributed by atoms with Crippen LogP contribution in [0.1, 0.15) is 32.4 Å². The number of rotatable bonds is 7. The van der Waals surface area contributed by atoms with E-state index in [4.69, 9.17) is 15.2 Å². The van der Waals surface area contributed by atoms with Crippen molar-refractivity contribution in [2.75, 3.05) is 19.6 Å². The summed E-state index contributed by atoms with van der Waals surface area (Å²) in [5.41, 5.74) is 1.19. The number of fused-ring (bicyclic) bond motifs is 1. The van der Waals surface area contributed by atoms with E-state index in [0.717, 1.165) is 26.2 Å². The second-order valence-electron chi connectivity index (χ2n) is 7.84. The minimum absolute atomic E-state index is 0.558.